The van der Waals surface area contributed by atoms with Gasteiger partial charge in [-0.1, -0.05) is 68.0 Å². The number of hydrogen-bond donors (Lipinski definition) is 0. The van der Waals surface area contributed by atoms with E-state index in [9.17, 15) is 4.79 Å². The number of carbonyl (C=O) groups is 1. The van der Waals surface area contributed by atoms with Crippen LogP contribution in [0.3, 0.4) is 0 Å². The summed E-state index contributed by atoms with van der Waals surface area (Å²) in [6.45, 7) is 5.66. The molecular weight excluding hydrogens is 368 g/mol. The summed E-state index contributed by atoms with van der Waals surface area (Å²) in [5, 5.41) is 1.17. The number of hydrogen-bond acceptors (Lipinski definition) is 2. The van der Waals surface area contributed by atoms with Gasteiger partial charge < -0.3 is 4.90 Å². The molecule has 1 amide bonds. The van der Waals surface area contributed by atoms with Crippen LogP contribution in [0.1, 0.15) is 38.7 Å². The Labute approximate surface area is 179 Å². The Hall–Kier alpha value is -2.94. The molecule has 30 heavy (non-hydrogen) atoms. The van der Waals surface area contributed by atoms with E-state index in [-0.39, 0.29) is 0 Å². The summed E-state index contributed by atoms with van der Waals surface area (Å²) < 4.78 is 0. The van der Waals surface area contributed by atoms with E-state index >= 15 is 0 Å². The van der Waals surface area contributed by atoms with Gasteiger partial charge in [0.1, 0.15) is 0 Å². The predicted molar refractivity (Wildman–Crippen MR) is 124 cm³/mol. The zero-order valence-corrected chi connectivity index (χ0v) is 18.0. The van der Waals surface area contributed by atoms with Crippen molar-refractivity contribution >= 4 is 16.8 Å². The topological polar surface area (TPSA) is 33.2 Å². The number of carbonyl (C=O) groups excluding carboxylic acids is 1. The van der Waals surface area contributed by atoms with Crippen molar-refractivity contribution in [2.24, 2.45) is 5.92 Å². The lowest BCUT2D eigenvalue weighted by Crippen LogP contribution is -2.36. The number of pyridine rings is 1. The average Bonchev–Trinajstić information content (AvgIpc) is 3.66. The molecule has 0 radical (unpaired) electrons. The Morgan fingerprint density at radius 3 is 2.50 bits per heavy atom. The molecule has 1 aliphatic carbocycles. The molecule has 0 spiro atoms. The zero-order chi connectivity index (χ0) is 20.9. The molecule has 2 heterocycles. The van der Waals surface area contributed by atoms with Crippen molar-refractivity contribution in [3.63, 3.8) is 0 Å². The van der Waals surface area contributed by atoms with Crippen molar-refractivity contribution in [3.05, 3.63) is 78.0 Å². The van der Waals surface area contributed by atoms with Crippen LogP contribution in [0.5, 0.6) is 0 Å². The molecule has 3 aromatic rings. The van der Waals surface area contributed by atoms with Crippen molar-refractivity contribution in [1.29, 1.82) is 0 Å². The average molecular weight is 399 g/mol. The highest BCUT2D eigenvalue weighted by atomic mass is 16.2. The number of aromatic nitrogens is 1. The maximum absolute atomic E-state index is 12.2. The Balaban J connectivity index is 0.00000106. The lowest BCUT2D eigenvalue weighted by Gasteiger charge is -2.26. The summed E-state index contributed by atoms with van der Waals surface area (Å²) >= 11 is 0. The Morgan fingerprint density at radius 1 is 1.03 bits per heavy atom. The first-order valence-electron chi connectivity index (χ1n) is 11.2. The summed E-state index contributed by atoms with van der Waals surface area (Å²) in [6, 6.07) is 19.4. The number of fused-ring (bicyclic) bond motifs is 1. The van der Waals surface area contributed by atoms with Gasteiger partial charge in [-0.2, -0.15) is 0 Å². The first-order chi connectivity index (χ1) is 14.8. The molecule has 0 N–H and O–H groups in total. The molecule has 154 valence electrons. The smallest absolute Gasteiger partial charge is 0.225 e. The van der Waals surface area contributed by atoms with E-state index in [1.165, 1.54) is 27.6 Å². The van der Waals surface area contributed by atoms with Gasteiger partial charge in [-0.05, 0) is 54.5 Å². The lowest BCUT2D eigenvalue weighted by atomic mass is 9.97. The minimum atomic E-state index is 0.327. The van der Waals surface area contributed by atoms with E-state index in [2.05, 4.69) is 59.6 Å². The fraction of sp³-hybridized carbons (Fsp3) is 0.333. The van der Waals surface area contributed by atoms with Crippen molar-refractivity contribution in [3.8, 4) is 11.1 Å². The van der Waals surface area contributed by atoms with E-state index < -0.39 is 0 Å². The minimum Gasteiger partial charge on any atom is -0.338 e. The van der Waals surface area contributed by atoms with Gasteiger partial charge in [-0.3, -0.25) is 9.78 Å². The number of nitrogens with zero attached hydrogens (tertiary/aromatic N) is 2. The molecule has 1 aromatic heterocycles. The molecule has 1 aliphatic heterocycles. The van der Waals surface area contributed by atoms with Crippen LogP contribution < -0.4 is 0 Å². The van der Waals surface area contributed by atoms with Crippen molar-refractivity contribution in [1.82, 2.24) is 9.88 Å². The van der Waals surface area contributed by atoms with Crippen molar-refractivity contribution in [2.75, 3.05) is 13.1 Å². The normalized spacial score (nSPS) is 15.9. The van der Waals surface area contributed by atoms with Gasteiger partial charge in [-0.15, -0.1) is 0 Å². The van der Waals surface area contributed by atoms with Crippen LogP contribution in [-0.4, -0.2) is 28.9 Å². The largest absolute Gasteiger partial charge is 0.338 e. The third-order valence-corrected chi connectivity index (χ3v) is 5.87. The van der Waals surface area contributed by atoms with Gasteiger partial charge in [0.25, 0.3) is 0 Å². The van der Waals surface area contributed by atoms with Crippen LogP contribution in [0.25, 0.3) is 22.0 Å². The third-order valence-electron chi connectivity index (χ3n) is 5.87. The van der Waals surface area contributed by atoms with Crippen LogP contribution in [0.15, 0.2) is 72.4 Å². The third kappa shape index (κ3) is 4.62. The van der Waals surface area contributed by atoms with E-state index in [0.717, 1.165) is 44.3 Å². The molecule has 3 nitrogen and oxygen atoms in total. The Kier molecular flexibility index (Phi) is 6.27. The molecule has 0 bridgehead atoms. The Bertz CT molecular complexity index is 1050. The van der Waals surface area contributed by atoms with Gasteiger partial charge >= 0.3 is 0 Å². The monoisotopic (exact) mass is 398 g/mol. The molecule has 1 fully saturated rings. The SMILES string of the molecule is CC.O=C(C1CC1)N1CC=C(Cc2ccc(-c3ccc4cccnc4c3)cc2)CC1. The fourth-order valence-corrected chi connectivity index (χ4v) is 3.98. The summed E-state index contributed by atoms with van der Waals surface area (Å²) in [7, 11) is 0. The fourth-order valence-electron chi connectivity index (χ4n) is 3.98. The van der Waals surface area contributed by atoms with Gasteiger partial charge in [-0.25, -0.2) is 0 Å². The van der Waals surface area contributed by atoms with Crippen LogP contribution in [-0.2, 0) is 11.2 Å². The number of benzene rings is 2. The highest BCUT2D eigenvalue weighted by Gasteiger charge is 2.33. The first-order valence-corrected chi connectivity index (χ1v) is 11.2. The van der Waals surface area contributed by atoms with Crippen molar-refractivity contribution in [2.45, 2.75) is 39.5 Å². The Morgan fingerprint density at radius 2 is 1.80 bits per heavy atom. The van der Waals surface area contributed by atoms with E-state index in [0.29, 0.717) is 11.8 Å². The summed E-state index contributed by atoms with van der Waals surface area (Å²) in [5.41, 5.74) is 6.22. The molecule has 2 aliphatic rings. The summed E-state index contributed by atoms with van der Waals surface area (Å²) in [5.74, 6) is 0.692. The van der Waals surface area contributed by atoms with Gasteiger partial charge in [0.2, 0.25) is 5.91 Å². The summed E-state index contributed by atoms with van der Waals surface area (Å²) in [4.78, 5) is 18.7. The van der Waals surface area contributed by atoms with E-state index in [1.54, 1.807) is 0 Å². The minimum absolute atomic E-state index is 0.327. The van der Waals surface area contributed by atoms with Crippen molar-refractivity contribution < 1.29 is 4.79 Å². The first kappa shape index (κ1) is 20.3. The van der Waals surface area contributed by atoms with Gasteiger partial charge in [0.05, 0.1) is 5.52 Å². The predicted octanol–water partition coefficient (Wildman–Crippen LogP) is 6.04. The second-order valence-corrected chi connectivity index (χ2v) is 7.96. The molecule has 0 atom stereocenters. The molecule has 2 aromatic carbocycles. The molecule has 1 saturated carbocycles. The molecular formula is C27H30N2O. The second kappa shape index (κ2) is 9.25. The highest BCUT2D eigenvalue weighted by Crippen LogP contribution is 2.32. The standard InChI is InChI=1S/C25H24N2O.C2H6/c28-25(22-8-9-22)27-14-11-19(12-15-27)16-18-3-5-20(6-4-18)23-10-7-21-2-1-13-26-24(21)17-23;1-2/h1-7,10-11,13,17,22H,8-9,12,14-16H2;1-2H3. The second-order valence-electron chi connectivity index (χ2n) is 7.96. The maximum atomic E-state index is 12.2. The lowest BCUT2D eigenvalue weighted by molar-refractivity contribution is -0.132. The highest BCUT2D eigenvalue weighted by molar-refractivity contribution is 5.84. The van der Waals surface area contributed by atoms with Gasteiger partial charge in [0.15, 0.2) is 0 Å². The van der Waals surface area contributed by atoms with Crippen LogP contribution in [0, 0.1) is 5.92 Å². The van der Waals surface area contributed by atoms with E-state index in [4.69, 9.17) is 0 Å². The quantitative estimate of drug-likeness (QED) is 0.502. The zero-order valence-electron chi connectivity index (χ0n) is 18.0. The van der Waals surface area contributed by atoms with E-state index in [1.807, 2.05) is 31.0 Å². The molecule has 3 heteroatoms. The molecule has 0 saturated heterocycles. The molecule has 5 rings (SSSR count). The van der Waals surface area contributed by atoms with Crippen LogP contribution in [0.4, 0.5) is 0 Å². The van der Waals surface area contributed by atoms with Gasteiger partial charge in [0, 0.05) is 30.6 Å². The number of rotatable bonds is 4. The molecule has 0 unspecified atom stereocenters. The number of amides is 1. The maximum Gasteiger partial charge on any atom is 0.225 e. The van der Waals surface area contributed by atoms with Crippen LogP contribution in [0.2, 0.25) is 0 Å². The summed E-state index contributed by atoms with van der Waals surface area (Å²) in [6.07, 6.45) is 8.25. The van der Waals surface area contributed by atoms with Crippen LogP contribution >= 0.6 is 0 Å².